The summed E-state index contributed by atoms with van der Waals surface area (Å²) in [4.78, 5) is 26.6. The fourth-order valence-corrected chi connectivity index (χ4v) is 3.01. The lowest BCUT2D eigenvalue weighted by molar-refractivity contribution is -0.114. The molecule has 0 aromatic heterocycles. The number of halogens is 1. The van der Waals surface area contributed by atoms with Crippen LogP contribution in [0.15, 0.2) is 48.5 Å². The SMILES string of the molecule is O=C(CNc1ccc(Cl)cc1C(=O)N1CCCC1)Nc1ccccc1. The Kier molecular flexibility index (Phi) is 5.56. The number of rotatable bonds is 5. The van der Waals surface area contributed by atoms with Crippen molar-refractivity contribution in [2.24, 2.45) is 0 Å². The molecule has 0 atom stereocenters. The number of para-hydroxylation sites is 1. The lowest BCUT2D eigenvalue weighted by Crippen LogP contribution is -2.29. The Labute approximate surface area is 152 Å². The Morgan fingerprint density at radius 2 is 1.76 bits per heavy atom. The molecular formula is C19H20ClN3O2. The van der Waals surface area contributed by atoms with Crippen molar-refractivity contribution in [2.75, 3.05) is 30.3 Å². The van der Waals surface area contributed by atoms with Gasteiger partial charge in [0.25, 0.3) is 5.91 Å². The third-order valence-electron chi connectivity index (χ3n) is 4.10. The van der Waals surface area contributed by atoms with Crippen LogP contribution in [0.25, 0.3) is 0 Å². The van der Waals surface area contributed by atoms with Crippen LogP contribution in [-0.4, -0.2) is 36.3 Å². The summed E-state index contributed by atoms with van der Waals surface area (Å²) in [5, 5.41) is 6.35. The van der Waals surface area contributed by atoms with E-state index in [1.807, 2.05) is 35.2 Å². The second kappa shape index (κ2) is 8.03. The van der Waals surface area contributed by atoms with E-state index in [-0.39, 0.29) is 18.4 Å². The summed E-state index contributed by atoms with van der Waals surface area (Å²) in [5.41, 5.74) is 1.85. The van der Waals surface area contributed by atoms with Crippen molar-refractivity contribution in [1.82, 2.24) is 4.90 Å². The highest BCUT2D eigenvalue weighted by molar-refractivity contribution is 6.31. The summed E-state index contributed by atoms with van der Waals surface area (Å²) in [6, 6.07) is 14.3. The topological polar surface area (TPSA) is 61.4 Å². The van der Waals surface area contributed by atoms with Gasteiger partial charge in [0, 0.05) is 29.5 Å². The summed E-state index contributed by atoms with van der Waals surface area (Å²) in [5.74, 6) is -0.230. The molecule has 2 aromatic carbocycles. The zero-order valence-electron chi connectivity index (χ0n) is 13.8. The second-order valence-electron chi connectivity index (χ2n) is 5.96. The van der Waals surface area contributed by atoms with Crippen LogP contribution in [0, 0.1) is 0 Å². The monoisotopic (exact) mass is 357 g/mol. The lowest BCUT2D eigenvalue weighted by atomic mass is 10.1. The van der Waals surface area contributed by atoms with E-state index in [1.165, 1.54) is 0 Å². The third-order valence-corrected chi connectivity index (χ3v) is 4.34. The molecule has 0 unspecified atom stereocenters. The summed E-state index contributed by atoms with van der Waals surface area (Å²) in [6.07, 6.45) is 2.04. The highest BCUT2D eigenvalue weighted by Gasteiger charge is 2.22. The predicted molar refractivity (Wildman–Crippen MR) is 100 cm³/mol. The smallest absolute Gasteiger partial charge is 0.256 e. The highest BCUT2D eigenvalue weighted by Crippen LogP contribution is 2.24. The molecule has 1 saturated heterocycles. The van der Waals surface area contributed by atoms with Crippen LogP contribution in [0.5, 0.6) is 0 Å². The Bertz CT molecular complexity index is 759. The molecule has 130 valence electrons. The van der Waals surface area contributed by atoms with Gasteiger partial charge in [-0.3, -0.25) is 9.59 Å². The normalized spacial score (nSPS) is 13.6. The lowest BCUT2D eigenvalue weighted by Gasteiger charge is -2.18. The minimum Gasteiger partial charge on any atom is -0.375 e. The molecule has 1 aliphatic heterocycles. The molecule has 3 rings (SSSR count). The number of hydrogen-bond donors (Lipinski definition) is 2. The summed E-state index contributed by atoms with van der Waals surface area (Å²) in [7, 11) is 0. The van der Waals surface area contributed by atoms with Crippen molar-refractivity contribution in [3.63, 3.8) is 0 Å². The zero-order chi connectivity index (χ0) is 17.6. The Hall–Kier alpha value is -2.53. The maximum Gasteiger partial charge on any atom is 0.256 e. The molecule has 5 nitrogen and oxygen atoms in total. The predicted octanol–water partition coefficient (Wildman–Crippen LogP) is 3.63. The number of nitrogens with zero attached hydrogens (tertiary/aromatic N) is 1. The highest BCUT2D eigenvalue weighted by atomic mass is 35.5. The van der Waals surface area contributed by atoms with E-state index < -0.39 is 0 Å². The Morgan fingerprint density at radius 3 is 2.48 bits per heavy atom. The average Bonchev–Trinajstić information content (AvgIpc) is 3.15. The number of carbonyl (C=O) groups is 2. The number of carbonyl (C=O) groups excluding carboxylic acids is 2. The van der Waals surface area contributed by atoms with E-state index in [0.717, 1.165) is 31.6 Å². The number of anilines is 2. The molecule has 0 aliphatic carbocycles. The summed E-state index contributed by atoms with van der Waals surface area (Å²) in [6.45, 7) is 1.59. The van der Waals surface area contributed by atoms with Crippen LogP contribution in [-0.2, 0) is 4.79 Å². The summed E-state index contributed by atoms with van der Waals surface area (Å²) < 4.78 is 0. The van der Waals surface area contributed by atoms with E-state index >= 15 is 0 Å². The molecular weight excluding hydrogens is 338 g/mol. The molecule has 0 saturated carbocycles. The van der Waals surface area contributed by atoms with Crippen LogP contribution in [0.2, 0.25) is 5.02 Å². The zero-order valence-corrected chi connectivity index (χ0v) is 14.6. The minimum absolute atomic E-state index is 0.0500. The van der Waals surface area contributed by atoms with Gasteiger partial charge in [0.2, 0.25) is 5.91 Å². The van der Waals surface area contributed by atoms with Gasteiger partial charge in [0.15, 0.2) is 0 Å². The van der Waals surface area contributed by atoms with Crippen LogP contribution in [0.4, 0.5) is 11.4 Å². The Balaban J connectivity index is 1.67. The third kappa shape index (κ3) is 4.51. The van der Waals surface area contributed by atoms with Gasteiger partial charge in [-0.2, -0.15) is 0 Å². The van der Waals surface area contributed by atoms with Crippen molar-refractivity contribution in [1.29, 1.82) is 0 Å². The van der Waals surface area contributed by atoms with Crippen molar-refractivity contribution >= 4 is 34.8 Å². The first kappa shape index (κ1) is 17.3. The molecule has 2 amide bonds. The Morgan fingerprint density at radius 1 is 1.04 bits per heavy atom. The molecule has 1 aliphatic rings. The van der Waals surface area contributed by atoms with Crippen molar-refractivity contribution in [3.05, 3.63) is 59.1 Å². The van der Waals surface area contributed by atoms with Crippen LogP contribution >= 0.6 is 11.6 Å². The van der Waals surface area contributed by atoms with Crippen LogP contribution in [0.3, 0.4) is 0 Å². The first-order valence-corrected chi connectivity index (χ1v) is 8.69. The first-order chi connectivity index (χ1) is 12.1. The van der Waals surface area contributed by atoms with Gasteiger partial charge in [-0.15, -0.1) is 0 Å². The van der Waals surface area contributed by atoms with Crippen molar-refractivity contribution < 1.29 is 9.59 Å². The average molecular weight is 358 g/mol. The molecule has 0 spiro atoms. The van der Waals surface area contributed by atoms with Crippen molar-refractivity contribution in [3.8, 4) is 0 Å². The second-order valence-corrected chi connectivity index (χ2v) is 6.39. The van der Waals surface area contributed by atoms with Gasteiger partial charge < -0.3 is 15.5 Å². The van der Waals surface area contributed by atoms with Gasteiger partial charge in [0.1, 0.15) is 0 Å². The number of hydrogen-bond acceptors (Lipinski definition) is 3. The van der Waals surface area contributed by atoms with Crippen LogP contribution < -0.4 is 10.6 Å². The van der Waals surface area contributed by atoms with E-state index in [9.17, 15) is 9.59 Å². The van der Waals surface area contributed by atoms with E-state index in [4.69, 9.17) is 11.6 Å². The molecule has 25 heavy (non-hydrogen) atoms. The number of amides is 2. The molecule has 0 bridgehead atoms. The van der Waals surface area contributed by atoms with Gasteiger partial charge in [-0.1, -0.05) is 29.8 Å². The first-order valence-electron chi connectivity index (χ1n) is 8.31. The molecule has 1 heterocycles. The van der Waals surface area contributed by atoms with Gasteiger partial charge in [-0.05, 0) is 43.2 Å². The number of benzene rings is 2. The largest absolute Gasteiger partial charge is 0.375 e. The molecule has 2 N–H and O–H groups in total. The van der Waals surface area contributed by atoms with Gasteiger partial charge >= 0.3 is 0 Å². The minimum atomic E-state index is -0.180. The van der Waals surface area contributed by atoms with Gasteiger partial charge in [-0.25, -0.2) is 0 Å². The fraction of sp³-hybridized carbons (Fsp3) is 0.263. The van der Waals surface area contributed by atoms with Gasteiger partial charge in [0.05, 0.1) is 12.1 Å². The van der Waals surface area contributed by atoms with Crippen LogP contribution in [0.1, 0.15) is 23.2 Å². The van der Waals surface area contributed by atoms with E-state index in [2.05, 4.69) is 10.6 Å². The fourth-order valence-electron chi connectivity index (χ4n) is 2.84. The molecule has 2 aromatic rings. The standard InChI is InChI=1S/C19H20ClN3O2/c20-14-8-9-17(16(12-14)19(25)23-10-4-5-11-23)21-13-18(24)22-15-6-2-1-3-7-15/h1-3,6-9,12,21H,4-5,10-11,13H2,(H,22,24). The quantitative estimate of drug-likeness (QED) is 0.859. The van der Waals surface area contributed by atoms with Crippen molar-refractivity contribution in [2.45, 2.75) is 12.8 Å². The molecule has 0 radical (unpaired) electrons. The molecule has 6 heteroatoms. The summed E-state index contributed by atoms with van der Waals surface area (Å²) >= 11 is 6.06. The number of nitrogens with one attached hydrogen (secondary N) is 2. The maximum atomic E-state index is 12.7. The number of likely N-dealkylation sites (tertiary alicyclic amines) is 1. The molecule has 1 fully saturated rings. The van der Waals surface area contributed by atoms with E-state index in [1.54, 1.807) is 18.2 Å². The maximum absolute atomic E-state index is 12.7. The van der Waals surface area contributed by atoms with E-state index in [0.29, 0.717) is 16.3 Å².